The molecule has 2 heteroatoms. The number of pyridine rings is 1. The summed E-state index contributed by atoms with van der Waals surface area (Å²) >= 11 is 0. The molecule has 1 aromatic rings. The monoisotopic (exact) mass is 206 g/mol. The lowest BCUT2D eigenvalue weighted by Crippen LogP contribution is -2.19. The van der Waals surface area contributed by atoms with Crippen LogP contribution in [0.3, 0.4) is 0 Å². The molecule has 0 aliphatic rings. The first-order valence-corrected chi connectivity index (χ1v) is 5.98. The Morgan fingerprint density at radius 1 is 1.33 bits per heavy atom. The van der Waals surface area contributed by atoms with Gasteiger partial charge in [-0.25, -0.2) is 0 Å². The Hall–Kier alpha value is -0.890. The van der Waals surface area contributed by atoms with E-state index >= 15 is 0 Å². The second kappa shape index (κ2) is 7.41. The van der Waals surface area contributed by atoms with E-state index in [1.807, 2.05) is 18.5 Å². The summed E-state index contributed by atoms with van der Waals surface area (Å²) in [5.74, 6) is 0. The van der Waals surface area contributed by atoms with Gasteiger partial charge in [-0.15, -0.1) is 0 Å². The van der Waals surface area contributed by atoms with Crippen molar-refractivity contribution in [2.45, 2.75) is 45.6 Å². The average Bonchev–Trinajstić information content (AvgIpc) is 2.30. The Morgan fingerprint density at radius 3 is 2.87 bits per heavy atom. The molecule has 1 aromatic heterocycles. The molecule has 0 saturated carbocycles. The Balaban J connectivity index is 2.16. The molecule has 0 aliphatic heterocycles. The van der Waals surface area contributed by atoms with E-state index in [4.69, 9.17) is 0 Å². The fourth-order valence-electron chi connectivity index (χ4n) is 1.62. The van der Waals surface area contributed by atoms with Gasteiger partial charge >= 0.3 is 0 Å². The van der Waals surface area contributed by atoms with Crippen molar-refractivity contribution in [1.29, 1.82) is 0 Å². The van der Waals surface area contributed by atoms with Crippen molar-refractivity contribution >= 4 is 0 Å². The van der Waals surface area contributed by atoms with Gasteiger partial charge in [0.05, 0.1) is 0 Å². The van der Waals surface area contributed by atoms with Crippen molar-refractivity contribution in [2.24, 2.45) is 0 Å². The Kier molecular flexibility index (Phi) is 6.02. The Bertz CT molecular complexity index is 246. The van der Waals surface area contributed by atoms with Crippen LogP contribution in [0.15, 0.2) is 24.5 Å². The van der Waals surface area contributed by atoms with Crippen LogP contribution in [0.5, 0.6) is 0 Å². The minimum Gasteiger partial charge on any atom is -0.310 e. The zero-order valence-electron chi connectivity index (χ0n) is 9.87. The molecular weight excluding hydrogens is 184 g/mol. The molecule has 0 aromatic carbocycles. The number of rotatable bonds is 7. The highest BCUT2D eigenvalue weighted by Gasteiger charge is 2.02. The van der Waals surface area contributed by atoms with Gasteiger partial charge in [-0.3, -0.25) is 4.98 Å². The zero-order chi connectivity index (χ0) is 10.9. The van der Waals surface area contributed by atoms with Crippen molar-refractivity contribution in [3.63, 3.8) is 0 Å². The molecule has 0 aliphatic carbocycles. The molecule has 1 rings (SSSR count). The van der Waals surface area contributed by atoms with E-state index in [0.29, 0.717) is 6.04 Å². The maximum absolute atomic E-state index is 4.12. The average molecular weight is 206 g/mol. The number of nitrogens with zero attached hydrogens (tertiary/aromatic N) is 1. The lowest BCUT2D eigenvalue weighted by atomic mass is 10.1. The number of hydrogen-bond acceptors (Lipinski definition) is 2. The summed E-state index contributed by atoms with van der Waals surface area (Å²) in [4.78, 5) is 4.12. The van der Waals surface area contributed by atoms with Gasteiger partial charge in [0.15, 0.2) is 0 Å². The molecule has 0 bridgehead atoms. The van der Waals surface area contributed by atoms with Crippen molar-refractivity contribution in [1.82, 2.24) is 10.3 Å². The molecule has 0 radical (unpaired) electrons. The van der Waals surface area contributed by atoms with Gasteiger partial charge in [0, 0.05) is 18.4 Å². The highest BCUT2D eigenvalue weighted by Crippen LogP contribution is 2.09. The second-order valence-electron chi connectivity index (χ2n) is 4.02. The minimum absolute atomic E-state index is 0.417. The summed E-state index contributed by atoms with van der Waals surface area (Å²) in [6, 6.07) is 4.53. The van der Waals surface area contributed by atoms with Crippen molar-refractivity contribution in [3.05, 3.63) is 30.1 Å². The molecule has 0 spiro atoms. The third-order valence-corrected chi connectivity index (χ3v) is 2.67. The first-order valence-electron chi connectivity index (χ1n) is 5.98. The number of unbranched alkanes of at least 4 members (excludes halogenated alkanes) is 3. The van der Waals surface area contributed by atoms with Gasteiger partial charge in [-0.2, -0.15) is 0 Å². The summed E-state index contributed by atoms with van der Waals surface area (Å²) in [6.07, 6.45) is 9.02. The highest BCUT2D eigenvalue weighted by atomic mass is 14.9. The zero-order valence-corrected chi connectivity index (χ0v) is 9.87. The van der Waals surface area contributed by atoms with Crippen LogP contribution in [0.4, 0.5) is 0 Å². The summed E-state index contributed by atoms with van der Waals surface area (Å²) in [7, 11) is 0. The van der Waals surface area contributed by atoms with Gasteiger partial charge < -0.3 is 5.32 Å². The predicted molar refractivity (Wildman–Crippen MR) is 64.8 cm³/mol. The standard InChI is InChI=1S/C13H22N2/c1-3-4-5-6-10-15-12(2)13-8-7-9-14-11-13/h7-9,11-12,15H,3-6,10H2,1-2H3/t12-/m0/s1. The van der Waals surface area contributed by atoms with E-state index in [2.05, 4.69) is 30.2 Å². The van der Waals surface area contributed by atoms with Crippen LogP contribution in [-0.2, 0) is 0 Å². The van der Waals surface area contributed by atoms with Crippen LogP contribution in [0.2, 0.25) is 0 Å². The normalized spacial score (nSPS) is 12.7. The number of nitrogens with one attached hydrogen (secondary N) is 1. The van der Waals surface area contributed by atoms with Gasteiger partial charge in [0.25, 0.3) is 0 Å². The molecule has 84 valence electrons. The maximum Gasteiger partial charge on any atom is 0.0315 e. The van der Waals surface area contributed by atoms with Gasteiger partial charge in [-0.1, -0.05) is 32.3 Å². The van der Waals surface area contributed by atoms with Crippen molar-refractivity contribution in [3.8, 4) is 0 Å². The molecular formula is C13H22N2. The summed E-state index contributed by atoms with van der Waals surface area (Å²) in [5.41, 5.74) is 1.27. The fourth-order valence-corrected chi connectivity index (χ4v) is 1.62. The number of hydrogen-bond donors (Lipinski definition) is 1. The van der Waals surface area contributed by atoms with Gasteiger partial charge in [0.2, 0.25) is 0 Å². The van der Waals surface area contributed by atoms with E-state index in [1.54, 1.807) is 0 Å². The third kappa shape index (κ3) is 4.93. The van der Waals surface area contributed by atoms with Crippen LogP contribution < -0.4 is 5.32 Å². The third-order valence-electron chi connectivity index (χ3n) is 2.67. The molecule has 1 atom stereocenters. The van der Waals surface area contributed by atoms with Gasteiger partial charge in [-0.05, 0) is 31.5 Å². The fraction of sp³-hybridized carbons (Fsp3) is 0.615. The summed E-state index contributed by atoms with van der Waals surface area (Å²) in [6.45, 7) is 5.54. The van der Waals surface area contributed by atoms with Crippen LogP contribution in [0.25, 0.3) is 0 Å². The topological polar surface area (TPSA) is 24.9 Å². The van der Waals surface area contributed by atoms with Crippen molar-refractivity contribution in [2.75, 3.05) is 6.54 Å². The first-order chi connectivity index (χ1) is 7.34. The maximum atomic E-state index is 4.12. The van der Waals surface area contributed by atoms with Crippen LogP contribution in [-0.4, -0.2) is 11.5 Å². The smallest absolute Gasteiger partial charge is 0.0315 e. The Morgan fingerprint density at radius 2 is 2.20 bits per heavy atom. The lowest BCUT2D eigenvalue weighted by Gasteiger charge is -2.13. The molecule has 0 fully saturated rings. The van der Waals surface area contributed by atoms with Crippen LogP contribution >= 0.6 is 0 Å². The molecule has 1 heterocycles. The largest absolute Gasteiger partial charge is 0.310 e. The van der Waals surface area contributed by atoms with E-state index < -0.39 is 0 Å². The highest BCUT2D eigenvalue weighted by molar-refractivity contribution is 5.12. The molecule has 15 heavy (non-hydrogen) atoms. The summed E-state index contributed by atoms with van der Waals surface area (Å²) in [5, 5.41) is 3.52. The second-order valence-corrected chi connectivity index (χ2v) is 4.02. The van der Waals surface area contributed by atoms with E-state index in [0.717, 1.165) is 6.54 Å². The van der Waals surface area contributed by atoms with E-state index in [9.17, 15) is 0 Å². The molecule has 1 N–H and O–H groups in total. The number of aromatic nitrogens is 1. The molecule has 0 saturated heterocycles. The quantitative estimate of drug-likeness (QED) is 0.692. The minimum atomic E-state index is 0.417. The molecule has 0 unspecified atom stereocenters. The summed E-state index contributed by atoms with van der Waals surface area (Å²) < 4.78 is 0. The van der Waals surface area contributed by atoms with Crippen LogP contribution in [0, 0.1) is 0 Å². The first kappa shape index (κ1) is 12.2. The van der Waals surface area contributed by atoms with Crippen LogP contribution in [0.1, 0.15) is 51.1 Å². The molecule has 0 amide bonds. The van der Waals surface area contributed by atoms with Gasteiger partial charge in [0.1, 0.15) is 0 Å². The predicted octanol–water partition coefficient (Wildman–Crippen LogP) is 3.31. The van der Waals surface area contributed by atoms with Crippen molar-refractivity contribution < 1.29 is 0 Å². The lowest BCUT2D eigenvalue weighted by molar-refractivity contribution is 0.535. The van der Waals surface area contributed by atoms with E-state index in [1.165, 1.54) is 31.2 Å². The SMILES string of the molecule is CCCCCCN[C@@H](C)c1cccnc1. The van der Waals surface area contributed by atoms with E-state index in [-0.39, 0.29) is 0 Å². The molecule has 2 nitrogen and oxygen atoms in total. The Labute approximate surface area is 93.1 Å².